The van der Waals surface area contributed by atoms with Gasteiger partial charge in [0.1, 0.15) is 12.6 Å². The lowest BCUT2D eigenvalue weighted by atomic mass is 10.1. The smallest absolute Gasteiger partial charge is 0.244 e. The Hall–Kier alpha value is -2.29. The van der Waals surface area contributed by atoms with Crippen LogP contribution in [0.2, 0.25) is 10.0 Å². The van der Waals surface area contributed by atoms with E-state index in [4.69, 9.17) is 23.2 Å². The molecule has 2 aromatic carbocycles. The molecule has 1 N–H and O–H groups in total. The maximum atomic E-state index is 13.5. The number of nitrogens with zero attached hydrogens (tertiary/aromatic N) is 2. The highest BCUT2D eigenvalue weighted by Crippen LogP contribution is 2.23. The van der Waals surface area contributed by atoms with Crippen molar-refractivity contribution in [3.8, 4) is 0 Å². The van der Waals surface area contributed by atoms with Gasteiger partial charge in [-0.05, 0) is 48.7 Å². The summed E-state index contributed by atoms with van der Waals surface area (Å²) in [5.41, 5.74) is 0.961. The van der Waals surface area contributed by atoms with Crippen LogP contribution >= 0.6 is 23.2 Å². The van der Waals surface area contributed by atoms with Gasteiger partial charge in [0, 0.05) is 23.1 Å². The molecule has 0 aromatic heterocycles. The maximum Gasteiger partial charge on any atom is 0.244 e. The van der Waals surface area contributed by atoms with Crippen LogP contribution in [0.4, 0.5) is 5.69 Å². The van der Waals surface area contributed by atoms with Crippen LogP contribution in [0.1, 0.15) is 32.3 Å². The predicted molar refractivity (Wildman–Crippen MR) is 133 cm³/mol. The Morgan fingerprint density at radius 3 is 2.21 bits per heavy atom. The molecule has 10 heteroatoms. The lowest BCUT2D eigenvalue weighted by Crippen LogP contribution is -2.52. The molecule has 0 unspecified atom stereocenters. The van der Waals surface area contributed by atoms with Crippen molar-refractivity contribution in [2.75, 3.05) is 23.7 Å². The van der Waals surface area contributed by atoms with E-state index in [1.165, 1.54) is 17.0 Å². The third-order valence-corrected chi connectivity index (χ3v) is 6.79. The van der Waals surface area contributed by atoms with Crippen LogP contribution in [0.3, 0.4) is 0 Å². The maximum absolute atomic E-state index is 13.5. The van der Waals surface area contributed by atoms with Crippen LogP contribution in [0.25, 0.3) is 0 Å². The van der Waals surface area contributed by atoms with E-state index < -0.39 is 28.5 Å². The topological polar surface area (TPSA) is 86.8 Å². The minimum absolute atomic E-state index is 0.0643. The SMILES string of the molecule is CCCNC(=O)[C@H](CC)N(Cc1ccccc1Cl)C(=O)CN(c1ccc(Cl)cc1)S(C)(=O)=O. The van der Waals surface area contributed by atoms with Gasteiger partial charge in [-0.15, -0.1) is 0 Å². The van der Waals surface area contributed by atoms with Gasteiger partial charge >= 0.3 is 0 Å². The van der Waals surface area contributed by atoms with Crippen molar-refractivity contribution in [3.63, 3.8) is 0 Å². The summed E-state index contributed by atoms with van der Waals surface area (Å²) in [4.78, 5) is 27.8. The minimum atomic E-state index is -3.79. The second kappa shape index (κ2) is 12.3. The van der Waals surface area contributed by atoms with Crippen molar-refractivity contribution >= 4 is 50.7 Å². The number of nitrogens with one attached hydrogen (secondary N) is 1. The summed E-state index contributed by atoms with van der Waals surface area (Å²) in [7, 11) is -3.79. The van der Waals surface area contributed by atoms with E-state index in [0.29, 0.717) is 34.3 Å². The molecule has 0 saturated carbocycles. The first-order chi connectivity index (χ1) is 15.6. The molecule has 33 heavy (non-hydrogen) atoms. The van der Waals surface area contributed by atoms with E-state index in [1.54, 1.807) is 43.3 Å². The Kier molecular flexibility index (Phi) is 10.0. The van der Waals surface area contributed by atoms with Gasteiger partial charge in [0.2, 0.25) is 21.8 Å². The highest BCUT2D eigenvalue weighted by molar-refractivity contribution is 7.92. The quantitative estimate of drug-likeness (QED) is 0.490. The van der Waals surface area contributed by atoms with Gasteiger partial charge in [-0.1, -0.05) is 55.2 Å². The lowest BCUT2D eigenvalue weighted by molar-refractivity contribution is -0.140. The van der Waals surface area contributed by atoms with Gasteiger partial charge in [0.25, 0.3) is 0 Å². The highest BCUT2D eigenvalue weighted by Gasteiger charge is 2.31. The van der Waals surface area contributed by atoms with Gasteiger partial charge in [-0.25, -0.2) is 8.42 Å². The Labute approximate surface area is 205 Å². The fourth-order valence-corrected chi connectivity index (χ4v) is 4.49. The van der Waals surface area contributed by atoms with Crippen LogP contribution in [-0.2, 0) is 26.2 Å². The Bertz CT molecular complexity index is 1060. The molecule has 0 bridgehead atoms. The Balaban J connectivity index is 2.42. The van der Waals surface area contributed by atoms with Crippen LogP contribution < -0.4 is 9.62 Å². The highest BCUT2D eigenvalue weighted by atomic mass is 35.5. The van der Waals surface area contributed by atoms with Gasteiger partial charge in [-0.3, -0.25) is 13.9 Å². The normalized spacial score (nSPS) is 12.2. The number of carbonyl (C=O) groups excluding carboxylic acids is 2. The molecular formula is C23H29Cl2N3O4S. The van der Waals surface area contributed by atoms with E-state index in [2.05, 4.69) is 5.32 Å². The molecule has 7 nitrogen and oxygen atoms in total. The molecule has 0 aliphatic heterocycles. The fourth-order valence-electron chi connectivity index (χ4n) is 3.32. The first-order valence-electron chi connectivity index (χ1n) is 10.6. The number of hydrogen-bond acceptors (Lipinski definition) is 4. The van der Waals surface area contributed by atoms with Gasteiger partial charge in [-0.2, -0.15) is 0 Å². The van der Waals surface area contributed by atoms with Crippen LogP contribution in [0.15, 0.2) is 48.5 Å². The average molecular weight is 514 g/mol. The van der Waals surface area contributed by atoms with Crippen molar-refractivity contribution in [1.82, 2.24) is 10.2 Å². The van der Waals surface area contributed by atoms with Crippen molar-refractivity contribution < 1.29 is 18.0 Å². The number of sulfonamides is 1. The van der Waals surface area contributed by atoms with Crippen molar-refractivity contribution in [1.29, 1.82) is 0 Å². The standard InChI is InChI=1S/C23H29Cl2N3O4S/c1-4-14-26-23(30)21(5-2)27(15-17-8-6-7-9-20(17)25)22(29)16-28(33(3,31)32)19-12-10-18(24)11-13-19/h6-13,21H,4-5,14-16H2,1-3H3,(H,26,30)/t21-/m0/s1. The van der Waals surface area contributed by atoms with E-state index >= 15 is 0 Å². The summed E-state index contributed by atoms with van der Waals surface area (Å²) >= 11 is 12.2. The zero-order chi connectivity index (χ0) is 24.6. The number of amides is 2. The summed E-state index contributed by atoms with van der Waals surface area (Å²) in [6.07, 6.45) is 2.13. The fraction of sp³-hybridized carbons (Fsp3) is 0.391. The van der Waals surface area contributed by atoms with Crippen LogP contribution in [0, 0.1) is 0 Å². The largest absolute Gasteiger partial charge is 0.354 e. The molecule has 180 valence electrons. The molecule has 2 rings (SSSR count). The van der Waals surface area contributed by atoms with Crippen LogP contribution in [0.5, 0.6) is 0 Å². The summed E-state index contributed by atoms with van der Waals surface area (Å²) < 4.78 is 26.0. The molecule has 0 fully saturated rings. The second-order valence-electron chi connectivity index (χ2n) is 7.57. The molecule has 0 spiro atoms. The third-order valence-electron chi connectivity index (χ3n) is 5.03. The molecule has 2 amide bonds. The van der Waals surface area contributed by atoms with Gasteiger partial charge in [0.15, 0.2) is 0 Å². The third kappa shape index (κ3) is 7.62. The van der Waals surface area contributed by atoms with Crippen molar-refractivity contribution in [2.24, 2.45) is 0 Å². The molecule has 0 aliphatic carbocycles. The monoisotopic (exact) mass is 513 g/mol. The molecule has 0 heterocycles. The van der Waals surface area contributed by atoms with E-state index in [-0.39, 0.29) is 12.5 Å². The van der Waals surface area contributed by atoms with E-state index in [9.17, 15) is 18.0 Å². The summed E-state index contributed by atoms with van der Waals surface area (Å²) in [5, 5.41) is 3.73. The van der Waals surface area contributed by atoms with Crippen LogP contribution in [-0.4, -0.2) is 50.5 Å². The molecule has 0 aliphatic rings. The zero-order valence-electron chi connectivity index (χ0n) is 18.9. The number of anilines is 1. The first-order valence-corrected chi connectivity index (χ1v) is 13.2. The van der Waals surface area contributed by atoms with E-state index in [1.807, 2.05) is 6.92 Å². The van der Waals surface area contributed by atoms with E-state index in [0.717, 1.165) is 17.0 Å². The zero-order valence-corrected chi connectivity index (χ0v) is 21.3. The molecule has 0 saturated heterocycles. The molecule has 0 radical (unpaired) electrons. The summed E-state index contributed by atoms with van der Waals surface area (Å²) in [6, 6.07) is 12.4. The second-order valence-corrected chi connectivity index (χ2v) is 10.3. The number of hydrogen-bond donors (Lipinski definition) is 1. The minimum Gasteiger partial charge on any atom is -0.354 e. The number of rotatable bonds is 11. The number of benzene rings is 2. The average Bonchev–Trinajstić information content (AvgIpc) is 2.77. The van der Waals surface area contributed by atoms with Crippen molar-refractivity contribution in [2.45, 2.75) is 39.3 Å². The van der Waals surface area contributed by atoms with Crippen molar-refractivity contribution in [3.05, 3.63) is 64.1 Å². The van der Waals surface area contributed by atoms with Gasteiger partial charge < -0.3 is 10.2 Å². The molecule has 1 atom stereocenters. The molecular weight excluding hydrogens is 485 g/mol. The summed E-state index contributed by atoms with van der Waals surface area (Å²) in [5.74, 6) is -0.814. The van der Waals surface area contributed by atoms with Gasteiger partial charge in [0.05, 0.1) is 11.9 Å². The first kappa shape index (κ1) is 27.0. The number of halogens is 2. The molecule has 2 aromatic rings. The Morgan fingerprint density at radius 2 is 1.67 bits per heavy atom. The lowest BCUT2D eigenvalue weighted by Gasteiger charge is -2.33. The Morgan fingerprint density at radius 1 is 1.03 bits per heavy atom. The summed E-state index contributed by atoms with van der Waals surface area (Å²) in [6.45, 7) is 3.81. The number of carbonyl (C=O) groups is 2. The predicted octanol–water partition coefficient (Wildman–Crippen LogP) is 4.09.